The molecule has 0 saturated heterocycles. The molecule has 1 amide bonds. The number of amides is 1. The number of hydrogen-bond donors (Lipinski definition) is 3. The maximum absolute atomic E-state index is 14.3. The molecule has 4 rings (SSSR count). The Balaban J connectivity index is 1.86. The Morgan fingerprint density at radius 1 is 1.06 bits per heavy atom. The average Bonchev–Trinajstić information content (AvgIpc) is 3.23. The van der Waals surface area contributed by atoms with E-state index in [4.69, 9.17) is 33.1 Å². The maximum Gasteiger partial charge on any atom is 0.428 e. The van der Waals surface area contributed by atoms with Gasteiger partial charge in [-0.05, 0) is 41.1 Å². The van der Waals surface area contributed by atoms with Gasteiger partial charge in [-0.1, -0.05) is 53.5 Å². The van der Waals surface area contributed by atoms with Crippen LogP contribution in [0.5, 0.6) is 0 Å². The lowest BCUT2D eigenvalue weighted by molar-refractivity contribution is -0.269. The summed E-state index contributed by atoms with van der Waals surface area (Å²) in [5.74, 6) is -0.408. The highest BCUT2D eigenvalue weighted by Gasteiger charge is 2.59. The summed E-state index contributed by atoms with van der Waals surface area (Å²) in [7, 11) is 0. The predicted octanol–water partition coefficient (Wildman–Crippen LogP) is 5.20. The van der Waals surface area contributed by atoms with Gasteiger partial charge in [-0.25, -0.2) is 0 Å². The first kappa shape index (κ1) is 23.4. The van der Waals surface area contributed by atoms with E-state index in [0.717, 1.165) is 18.2 Å². The van der Waals surface area contributed by atoms with E-state index in [9.17, 15) is 18.0 Å². The molecular formula is C23H17Cl2F3N2O3. The van der Waals surface area contributed by atoms with Gasteiger partial charge in [0.25, 0.3) is 5.91 Å². The molecule has 0 bridgehead atoms. The van der Waals surface area contributed by atoms with Crippen LogP contribution in [0.15, 0.2) is 60.7 Å². The number of aliphatic hydroxyl groups excluding tert-OH is 1. The zero-order valence-electron chi connectivity index (χ0n) is 16.8. The van der Waals surface area contributed by atoms with Gasteiger partial charge in [0, 0.05) is 33.3 Å². The van der Waals surface area contributed by atoms with E-state index in [2.05, 4.69) is 10.8 Å². The van der Waals surface area contributed by atoms with Crippen LogP contribution in [0.3, 0.4) is 0 Å². The molecule has 1 unspecified atom stereocenters. The van der Waals surface area contributed by atoms with Crippen LogP contribution in [-0.2, 0) is 10.4 Å². The SMILES string of the molecule is O=C(NCCO)c1ccc(C2=CC(c3cc(Cl)cc(Cl)c3)(C(F)(F)F)ON2)c2ccccc12. The molecule has 33 heavy (non-hydrogen) atoms. The first-order chi connectivity index (χ1) is 15.7. The number of fused-ring (bicyclic) bond motifs is 1. The van der Waals surface area contributed by atoms with Crippen LogP contribution < -0.4 is 10.8 Å². The van der Waals surface area contributed by atoms with Crippen LogP contribution in [0.1, 0.15) is 21.5 Å². The minimum Gasteiger partial charge on any atom is -0.395 e. The van der Waals surface area contributed by atoms with E-state index in [1.54, 1.807) is 24.3 Å². The summed E-state index contributed by atoms with van der Waals surface area (Å²) in [6.45, 7) is -0.144. The topological polar surface area (TPSA) is 70.6 Å². The highest BCUT2D eigenvalue weighted by Crippen LogP contribution is 2.48. The van der Waals surface area contributed by atoms with Gasteiger partial charge in [0.15, 0.2) is 0 Å². The molecule has 1 aliphatic heterocycles. The van der Waals surface area contributed by atoms with Crippen LogP contribution in [0.25, 0.3) is 16.5 Å². The third kappa shape index (κ3) is 4.27. The molecule has 3 aromatic rings. The van der Waals surface area contributed by atoms with Gasteiger partial charge in [-0.2, -0.15) is 13.2 Å². The Hall–Kier alpha value is -2.78. The number of halogens is 5. The van der Waals surface area contributed by atoms with Crippen LogP contribution in [0, 0.1) is 0 Å². The Kier molecular flexibility index (Phi) is 6.28. The molecule has 3 aromatic carbocycles. The fourth-order valence-corrected chi connectivity index (χ4v) is 4.27. The quantitative estimate of drug-likeness (QED) is 0.453. The molecule has 0 aromatic heterocycles. The van der Waals surface area contributed by atoms with Crippen molar-refractivity contribution in [1.82, 2.24) is 10.8 Å². The second kappa shape index (κ2) is 8.87. The number of hydrogen-bond acceptors (Lipinski definition) is 4. The van der Waals surface area contributed by atoms with Gasteiger partial charge in [0.05, 0.1) is 12.3 Å². The lowest BCUT2D eigenvalue weighted by atomic mass is 9.90. The van der Waals surface area contributed by atoms with Crippen LogP contribution in [0.4, 0.5) is 13.2 Å². The zero-order chi connectivity index (χ0) is 23.8. The highest BCUT2D eigenvalue weighted by molar-refractivity contribution is 6.34. The fraction of sp³-hybridized carbons (Fsp3) is 0.174. The minimum atomic E-state index is -4.84. The number of carbonyl (C=O) groups excluding carboxylic acids is 1. The molecule has 1 heterocycles. The summed E-state index contributed by atoms with van der Waals surface area (Å²) < 4.78 is 42.9. The van der Waals surface area contributed by atoms with Crippen molar-refractivity contribution in [2.24, 2.45) is 0 Å². The first-order valence-corrected chi connectivity index (χ1v) is 10.5. The summed E-state index contributed by atoms with van der Waals surface area (Å²) >= 11 is 11.9. The number of rotatable bonds is 5. The van der Waals surface area contributed by atoms with Crippen molar-refractivity contribution in [2.45, 2.75) is 11.8 Å². The van der Waals surface area contributed by atoms with Crippen molar-refractivity contribution in [2.75, 3.05) is 13.2 Å². The molecule has 3 N–H and O–H groups in total. The number of aliphatic hydroxyl groups is 1. The summed E-state index contributed by atoms with van der Waals surface area (Å²) in [4.78, 5) is 17.6. The van der Waals surface area contributed by atoms with E-state index < -0.39 is 17.7 Å². The van der Waals surface area contributed by atoms with Crippen molar-refractivity contribution in [3.05, 3.63) is 87.4 Å². The van der Waals surface area contributed by atoms with Crippen molar-refractivity contribution >= 4 is 45.6 Å². The minimum absolute atomic E-state index is 0.0373. The average molecular weight is 497 g/mol. The molecule has 0 fully saturated rings. The van der Waals surface area contributed by atoms with Gasteiger partial charge in [-0.3, -0.25) is 15.1 Å². The van der Waals surface area contributed by atoms with E-state index in [0.29, 0.717) is 21.9 Å². The van der Waals surface area contributed by atoms with Crippen molar-refractivity contribution in [3.63, 3.8) is 0 Å². The Labute approximate surface area is 196 Å². The fourth-order valence-electron chi connectivity index (χ4n) is 3.74. The third-order valence-corrected chi connectivity index (χ3v) is 5.67. The number of carbonyl (C=O) groups is 1. The summed E-state index contributed by atoms with van der Waals surface area (Å²) in [5, 5.41) is 12.7. The lowest BCUT2D eigenvalue weighted by Crippen LogP contribution is -2.42. The molecule has 0 aliphatic carbocycles. The molecule has 10 heteroatoms. The van der Waals surface area contributed by atoms with Gasteiger partial charge in [-0.15, -0.1) is 0 Å². The molecule has 0 radical (unpaired) electrons. The van der Waals surface area contributed by atoms with Gasteiger partial charge >= 0.3 is 6.18 Å². The first-order valence-electron chi connectivity index (χ1n) is 9.77. The Morgan fingerprint density at radius 3 is 2.36 bits per heavy atom. The normalized spacial score (nSPS) is 18.2. The Morgan fingerprint density at radius 2 is 1.73 bits per heavy atom. The van der Waals surface area contributed by atoms with Crippen molar-refractivity contribution in [3.8, 4) is 0 Å². The number of benzene rings is 3. The maximum atomic E-state index is 14.3. The largest absolute Gasteiger partial charge is 0.428 e. The number of nitrogens with one attached hydrogen (secondary N) is 2. The monoisotopic (exact) mass is 496 g/mol. The smallest absolute Gasteiger partial charge is 0.395 e. The van der Waals surface area contributed by atoms with Crippen LogP contribution in [0.2, 0.25) is 10.0 Å². The van der Waals surface area contributed by atoms with Gasteiger partial charge in [0.2, 0.25) is 5.60 Å². The van der Waals surface area contributed by atoms with E-state index in [1.807, 2.05) is 0 Å². The Bertz CT molecular complexity index is 1240. The highest BCUT2D eigenvalue weighted by atomic mass is 35.5. The lowest BCUT2D eigenvalue weighted by Gasteiger charge is -2.28. The van der Waals surface area contributed by atoms with Crippen LogP contribution in [-0.4, -0.2) is 30.3 Å². The van der Waals surface area contributed by atoms with Crippen LogP contribution >= 0.6 is 23.2 Å². The standard InChI is InChI=1S/C23H17Cl2F3N2O3/c24-14-9-13(10-15(25)11-14)22(23(26,27)28)12-20(30-33-22)18-5-6-19(21(32)29-7-8-31)17-4-2-1-3-16(17)18/h1-6,9-12,30-31H,7-8H2,(H,29,32). The molecule has 5 nitrogen and oxygen atoms in total. The van der Waals surface area contributed by atoms with Crippen molar-refractivity contribution in [1.29, 1.82) is 0 Å². The summed E-state index contributed by atoms with van der Waals surface area (Å²) in [5.41, 5.74) is 0.104. The molecule has 0 saturated carbocycles. The van der Waals surface area contributed by atoms with E-state index in [-0.39, 0.29) is 34.5 Å². The number of alkyl halides is 3. The van der Waals surface area contributed by atoms with Crippen molar-refractivity contribution < 1.29 is 27.9 Å². The zero-order valence-corrected chi connectivity index (χ0v) is 18.4. The number of hydroxylamine groups is 1. The summed E-state index contributed by atoms with van der Waals surface area (Å²) in [6, 6.07) is 13.5. The molecule has 0 spiro atoms. The molecule has 1 atom stereocenters. The second-order valence-electron chi connectivity index (χ2n) is 7.34. The van der Waals surface area contributed by atoms with Gasteiger partial charge < -0.3 is 10.4 Å². The predicted molar refractivity (Wildman–Crippen MR) is 120 cm³/mol. The molecule has 1 aliphatic rings. The summed E-state index contributed by atoms with van der Waals surface area (Å²) in [6.07, 6.45) is -3.90. The molecular weight excluding hydrogens is 480 g/mol. The molecule has 172 valence electrons. The van der Waals surface area contributed by atoms with E-state index in [1.165, 1.54) is 18.2 Å². The third-order valence-electron chi connectivity index (χ3n) is 5.24. The second-order valence-corrected chi connectivity index (χ2v) is 8.21. The van der Waals surface area contributed by atoms with Gasteiger partial charge in [0.1, 0.15) is 0 Å². The van der Waals surface area contributed by atoms with E-state index >= 15 is 0 Å².